The van der Waals surface area contributed by atoms with Crippen molar-refractivity contribution in [3.8, 4) is 16.9 Å². The number of aromatic hydroxyl groups is 1. The Kier molecular flexibility index (Phi) is 2.78. The number of phenolic OH excluding ortho intramolecular Hbond substituents is 1. The lowest BCUT2D eigenvalue weighted by Crippen LogP contribution is -1.82. The third-order valence-corrected chi connectivity index (χ3v) is 3.07. The zero-order valence-corrected chi connectivity index (χ0v) is 9.95. The molecule has 15 heavy (non-hydrogen) atoms. The Morgan fingerprint density at radius 1 is 1.07 bits per heavy atom. The van der Waals surface area contributed by atoms with Crippen LogP contribution in [-0.4, -0.2) is 5.11 Å². The molecule has 0 aromatic heterocycles. The summed E-state index contributed by atoms with van der Waals surface area (Å²) in [6.07, 6.45) is 0. The Balaban J connectivity index is 2.55. The SMILES string of the molecule is Cc1ccccc1-c1ccc(Br)c(O)c1. The number of aryl methyl sites for hydroxylation is 1. The van der Waals surface area contributed by atoms with Crippen molar-refractivity contribution < 1.29 is 5.11 Å². The molecule has 2 heteroatoms. The van der Waals surface area contributed by atoms with E-state index in [0.717, 1.165) is 15.6 Å². The predicted octanol–water partition coefficient (Wildman–Crippen LogP) is 4.13. The first-order valence-electron chi connectivity index (χ1n) is 4.73. The van der Waals surface area contributed by atoms with E-state index in [-0.39, 0.29) is 5.75 Å². The second-order valence-corrected chi connectivity index (χ2v) is 4.34. The van der Waals surface area contributed by atoms with Gasteiger partial charge in [-0.15, -0.1) is 0 Å². The van der Waals surface area contributed by atoms with Gasteiger partial charge in [0.2, 0.25) is 0 Å². The molecule has 76 valence electrons. The molecule has 0 heterocycles. The summed E-state index contributed by atoms with van der Waals surface area (Å²) in [4.78, 5) is 0. The van der Waals surface area contributed by atoms with Crippen LogP contribution in [0.2, 0.25) is 0 Å². The maximum Gasteiger partial charge on any atom is 0.130 e. The summed E-state index contributed by atoms with van der Waals surface area (Å²) in [6, 6.07) is 13.8. The molecule has 1 nitrogen and oxygen atoms in total. The minimum absolute atomic E-state index is 0.274. The average Bonchev–Trinajstić information content (AvgIpc) is 2.23. The van der Waals surface area contributed by atoms with Gasteiger partial charge in [-0.2, -0.15) is 0 Å². The van der Waals surface area contributed by atoms with Crippen molar-refractivity contribution in [1.82, 2.24) is 0 Å². The van der Waals surface area contributed by atoms with Gasteiger partial charge < -0.3 is 5.11 Å². The van der Waals surface area contributed by atoms with Gasteiger partial charge in [-0.05, 0) is 51.7 Å². The molecule has 0 spiro atoms. The Morgan fingerprint density at radius 3 is 2.47 bits per heavy atom. The van der Waals surface area contributed by atoms with Crippen LogP contribution in [0.1, 0.15) is 5.56 Å². The molecule has 0 aliphatic rings. The van der Waals surface area contributed by atoms with Gasteiger partial charge in [0.1, 0.15) is 5.75 Å². The lowest BCUT2D eigenvalue weighted by molar-refractivity contribution is 0.472. The van der Waals surface area contributed by atoms with Crippen molar-refractivity contribution in [3.63, 3.8) is 0 Å². The van der Waals surface area contributed by atoms with Gasteiger partial charge in [0.25, 0.3) is 0 Å². The summed E-state index contributed by atoms with van der Waals surface area (Å²) >= 11 is 3.27. The largest absolute Gasteiger partial charge is 0.507 e. The number of halogens is 1. The zero-order chi connectivity index (χ0) is 10.8. The van der Waals surface area contributed by atoms with E-state index >= 15 is 0 Å². The molecule has 0 radical (unpaired) electrons. The highest BCUT2D eigenvalue weighted by Crippen LogP contribution is 2.31. The van der Waals surface area contributed by atoms with Crippen LogP contribution in [0.25, 0.3) is 11.1 Å². The lowest BCUT2D eigenvalue weighted by Gasteiger charge is -2.06. The quantitative estimate of drug-likeness (QED) is 0.820. The van der Waals surface area contributed by atoms with Crippen molar-refractivity contribution in [2.75, 3.05) is 0 Å². The summed E-state index contributed by atoms with van der Waals surface area (Å²) < 4.78 is 0.722. The van der Waals surface area contributed by atoms with Gasteiger partial charge in [0, 0.05) is 0 Å². The Morgan fingerprint density at radius 2 is 1.80 bits per heavy atom. The zero-order valence-electron chi connectivity index (χ0n) is 8.37. The van der Waals surface area contributed by atoms with Crippen LogP contribution in [0.5, 0.6) is 5.75 Å². The molecule has 0 bridgehead atoms. The highest BCUT2D eigenvalue weighted by molar-refractivity contribution is 9.10. The highest BCUT2D eigenvalue weighted by Gasteiger charge is 2.03. The molecule has 0 saturated heterocycles. The molecule has 1 N–H and O–H groups in total. The first-order chi connectivity index (χ1) is 7.18. The van der Waals surface area contributed by atoms with E-state index in [9.17, 15) is 5.11 Å². The number of benzene rings is 2. The van der Waals surface area contributed by atoms with Gasteiger partial charge in [-0.1, -0.05) is 30.3 Å². The fourth-order valence-corrected chi connectivity index (χ4v) is 1.82. The van der Waals surface area contributed by atoms with Gasteiger partial charge >= 0.3 is 0 Å². The average molecular weight is 263 g/mol. The summed E-state index contributed by atoms with van der Waals surface area (Å²) in [5.74, 6) is 0.274. The summed E-state index contributed by atoms with van der Waals surface area (Å²) in [7, 11) is 0. The Bertz CT molecular complexity index is 492. The van der Waals surface area contributed by atoms with Crippen LogP contribution in [0.3, 0.4) is 0 Å². The second kappa shape index (κ2) is 4.07. The lowest BCUT2D eigenvalue weighted by atomic mass is 10.0. The Labute approximate surface area is 97.5 Å². The van der Waals surface area contributed by atoms with Crippen molar-refractivity contribution in [1.29, 1.82) is 0 Å². The fraction of sp³-hybridized carbons (Fsp3) is 0.0769. The van der Waals surface area contributed by atoms with Crippen LogP contribution in [-0.2, 0) is 0 Å². The van der Waals surface area contributed by atoms with Crippen LogP contribution >= 0.6 is 15.9 Å². The van der Waals surface area contributed by atoms with Crippen LogP contribution in [0.4, 0.5) is 0 Å². The third-order valence-electron chi connectivity index (χ3n) is 2.40. The molecular weight excluding hydrogens is 252 g/mol. The number of hydrogen-bond donors (Lipinski definition) is 1. The van der Waals surface area contributed by atoms with E-state index in [1.807, 2.05) is 24.3 Å². The molecule has 0 atom stereocenters. The molecule has 0 saturated carbocycles. The van der Waals surface area contributed by atoms with E-state index in [0.29, 0.717) is 0 Å². The molecule has 2 rings (SSSR count). The van der Waals surface area contributed by atoms with Gasteiger partial charge in [0.15, 0.2) is 0 Å². The molecular formula is C13H11BrO. The van der Waals surface area contributed by atoms with Crippen LogP contribution in [0.15, 0.2) is 46.9 Å². The Hall–Kier alpha value is -1.28. The fourth-order valence-electron chi connectivity index (χ4n) is 1.58. The van der Waals surface area contributed by atoms with E-state index in [1.54, 1.807) is 6.07 Å². The normalized spacial score (nSPS) is 10.3. The molecule has 0 aliphatic heterocycles. The van der Waals surface area contributed by atoms with Crippen molar-refractivity contribution >= 4 is 15.9 Å². The molecule has 2 aromatic rings. The van der Waals surface area contributed by atoms with Crippen molar-refractivity contribution in [2.24, 2.45) is 0 Å². The number of rotatable bonds is 1. The standard InChI is InChI=1S/C13H11BrO/c1-9-4-2-3-5-11(9)10-6-7-12(14)13(15)8-10/h2-8,15H,1H3. The van der Waals surface area contributed by atoms with Gasteiger partial charge in [0.05, 0.1) is 4.47 Å². The van der Waals surface area contributed by atoms with E-state index < -0.39 is 0 Å². The van der Waals surface area contributed by atoms with E-state index in [1.165, 1.54) is 5.56 Å². The maximum absolute atomic E-state index is 9.61. The first kappa shape index (κ1) is 10.2. The molecule has 0 unspecified atom stereocenters. The summed E-state index contributed by atoms with van der Waals surface area (Å²) in [5, 5.41) is 9.61. The molecule has 0 amide bonds. The van der Waals surface area contributed by atoms with Gasteiger partial charge in [-0.3, -0.25) is 0 Å². The summed E-state index contributed by atoms with van der Waals surface area (Å²) in [6.45, 7) is 2.06. The molecule has 0 fully saturated rings. The molecule has 2 aromatic carbocycles. The molecule has 0 aliphatic carbocycles. The number of hydrogen-bond acceptors (Lipinski definition) is 1. The van der Waals surface area contributed by atoms with E-state index in [4.69, 9.17) is 0 Å². The maximum atomic E-state index is 9.61. The highest BCUT2D eigenvalue weighted by atomic mass is 79.9. The topological polar surface area (TPSA) is 20.2 Å². The van der Waals surface area contributed by atoms with Gasteiger partial charge in [-0.25, -0.2) is 0 Å². The van der Waals surface area contributed by atoms with E-state index in [2.05, 4.69) is 35.0 Å². The predicted molar refractivity (Wildman–Crippen MR) is 66.0 cm³/mol. The second-order valence-electron chi connectivity index (χ2n) is 3.48. The number of phenols is 1. The minimum atomic E-state index is 0.274. The van der Waals surface area contributed by atoms with Crippen LogP contribution in [0, 0.1) is 6.92 Å². The minimum Gasteiger partial charge on any atom is -0.507 e. The smallest absolute Gasteiger partial charge is 0.130 e. The summed E-state index contributed by atoms with van der Waals surface area (Å²) in [5.41, 5.74) is 3.40. The third kappa shape index (κ3) is 2.05. The monoisotopic (exact) mass is 262 g/mol. The van der Waals surface area contributed by atoms with Crippen molar-refractivity contribution in [2.45, 2.75) is 6.92 Å². The van der Waals surface area contributed by atoms with Crippen LogP contribution < -0.4 is 0 Å². The first-order valence-corrected chi connectivity index (χ1v) is 5.52. The van der Waals surface area contributed by atoms with Crippen molar-refractivity contribution in [3.05, 3.63) is 52.5 Å².